The van der Waals surface area contributed by atoms with Crippen molar-refractivity contribution in [2.24, 2.45) is 34.0 Å². The number of aromatic nitrogens is 2. The molecule has 2 N–H and O–H groups in total. The van der Waals surface area contributed by atoms with E-state index in [1.807, 2.05) is 6.92 Å². The van der Waals surface area contributed by atoms with Gasteiger partial charge in [0.25, 0.3) is 5.56 Å². The molecule has 1 aromatic rings. The number of hydrogen-bond donors (Lipinski definition) is 2. The summed E-state index contributed by atoms with van der Waals surface area (Å²) in [7, 11) is 0. The van der Waals surface area contributed by atoms with Crippen LogP contribution in [-0.2, 0) is 9.53 Å². The maximum atomic E-state index is 13.4. The molecular weight excluding hydrogens is 408 g/mol. The lowest BCUT2D eigenvalue weighted by Gasteiger charge is -2.61. The van der Waals surface area contributed by atoms with Crippen molar-refractivity contribution in [2.75, 3.05) is 0 Å². The standard InChI is InChI=1S/C25H34N2O5/c1-6-23(4)13-18(32-22(31)16-9-12-26-27-21(16)30)24(5)14(2)7-10-25(15(3)20(23)29)11-8-17(28)19(24)25/h6,9,12,14-15,18-20,29H,1,7-8,10-11,13H2,2-5H3,(H,27,30)/t14-,15+,18-,19?,20+,23-,24+,25+/m1/s1. The van der Waals surface area contributed by atoms with Crippen molar-refractivity contribution < 1.29 is 19.4 Å². The molecule has 0 spiro atoms. The van der Waals surface area contributed by atoms with Crippen molar-refractivity contribution >= 4 is 11.8 Å². The molecule has 3 fully saturated rings. The van der Waals surface area contributed by atoms with Crippen molar-refractivity contribution in [1.82, 2.24) is 10.2 Å². The predicted molar refractivity (Wildman–Crippen MR) is 119 cm³/mol. The fourth-order valence-corrected chi connectivity index (χ4v) is 7.20. The minimum atomic E-state index is -0.733. The van der Waals surface area contributed by atoms with Gasteiger partial charge in [-0.05, 0) is 49.0 Å². The highest BCUT2D eigenvalue weighted by Crippen LogP contribution is 2.68. The van der Waals surface area contributed by atoms with Crippen LogP contribution in [0.4, 0.5) is 0 Å². The molecule has 3 aliphatic carbocycles. The third-order valence-corrected chi connectivity index (χ3v) is 9.50. The zero-order chi connectivity index (χ0) is 23.5. The number of carbonyl (C=O) groups is 2. The first-order valence-corrected chi connectivity index (χ1v) is 11.6. The fourth-order valence-electron chi connectivity index (χ4n) is 7.20. The van der Waals surface area contributed by atoms with Gasteiger partial charge >= 0.3 is 5.97 Å². The first-order chi connectivity index (χ1) is 15.0. The highest BCUT2D eigenvalue weighted by Gasteiger charge is 2.68. The van der Waals surface area contributed by atoms with E-state index in [1.54, 1.807) is 6.08 Å². The van der Waals surface area contributed by atoms with E-state index in [0.717, 1.165) is 19.3 Å². The molecule has 0 aromatic carbocycles. The lowest BCUT2D eigenvalue weighted by atomic mass is 9.44. The number of esters is 1. The molecule has 0 saturated heterocycles. The smallest absolute Gasteiger partial charge is 0.344 e. The molecule has 1 aromatic heterocycles. The molecule has 174 valence electrons. The van der Waals surface area contributed by atoms with E-state index in [0.29, 0.717) is 12.8 Å². The number of hydrogen-bond acceptors (Lipinski definition) is 6. The van der Waals surface area contributed by atoms with Crippen molar-refractivity contribution in [3.8, 4) is 0 Å². The molecule has 1 unspecified atom stereocenters. The SMILES string of the molecule is C=C[C@]1(C)C[C@@H](OC(=O)c2ccn[nH]c2=O)[C@@]2(C)C3C(=O)CC[C@@]3(CC[C@H]2C)[C@@H](C)[C@@H]1O. The number of rotatable bonds is 3. The number of aliphatic hydroxyl groups is 1. The van der Waals surface area contributed by atoms with Gasteiger partial charge < -0.3 is 9.84 Å². The van der Waals surface area contributed by atoms with Crippen LogP contribution in [-0.4, -0.2) is 39.3 Å². The minimum Gasteiger partial charge on any atom is -0.458 e. The Morgan fingerprint density at radius 2 is 2.03 bits per heavy atom. The zero-order valence-corrected chi connectivity index (χ0v) is 19.4. The molecule has 32 heavy (non-hydrogen) atoms. The summed E-state index contributed by atoms with van der Waals surface area (Å²) in [5.41, 5.74) is -2.39. The Bertz CT molecular complexity index is 1000. The summed E-state index contributed by atoms with van der Waals surface area (Å²) in [4.78, 5) is 38.6. The van der Waals surface area contributed by atoms with E-state index >= 15 is 0 Å². The second kappa shape index (κ2) is 7.65. The van der Waals surface area contributed by atoms with Crippen molar-refractivity contribution in [1.29, 1.82) is 0 Å². The van der Waals surface area contributed by atoms with E-state index in [2.05, 4.69) is 37.5 Å². The van der Waals surface area contributed by atoms with Gasteiger partial charge in [0.2, 0.25) is 0 Å². The van der Waals surface area contributed by atoms with Crippen molar-refractivity contribution in [3.63, 3.8) is 0 Å². The van der Waals surface area contributed by atoms with Crippen LogP contribution in [0.1, 0.15) is 70.2 Å². The largest absolute Gasteiger partial charge is 0.458 e. The van der Waals surface area contributed by atoms with Crippen LogP contribution in [0.15, 0.2) is 29.7 Å². The Labute approximate surface area is 188 Å². The van der Waals surface area contributed by atoms with Gasteiger partial charge in [-0.1, -0.05) is 33.8 Å². The lowest BCUT2D eigenvalue weighted by molar-refractivity contribution is -0.192. The molecule has 0 aliphatic heterocycles. The second-order valence-corrected chi connectivity index (χ2v) is 10.8. The second-order valence-electron chi connectivity index (χ2n) is 10.8. The Morgan fingerprint density at radius 1 is 1.31 bits per heavy atom. The predicted octanol–water partition coefficient (Wildman–Crippen LogP) is 3.29. The van der Waals surface area contributed by atoms with Gasteiger partial charge in [0, 0.05) is 29.4 Å². The number of nitrogens with one attached hydrogen (secondary N) is 1. The van der Waals surface area contributed by atoms with E-state index in [1.165, 1.54) is 12.3 Å². The highest BCUT2D eigenvalue weighted by molar-refractivity contribution is 5.89. The molecule has 0 amide bonds. The molecule has 1 heterocycles. The summed E-state index contributed by atoms with van der Waals surface area (Å²) in [6.07, 6.45) is 5.04. The van der Waals surface area contributed by atoms with Crippen LogP contribution in [0.2, 0.25) is 0 Å². The summed E-state index contributed by atoms with van der Waals surface area (Å²) in [5.74, 6) is -0.793. The van der Waals surface area contributed by atoms with E-state index < -0.39 is 34.6 Å². The van der Waals surface area contributed by atoms with Crippen molar-refractivity contribution in [3.05, 3.63) is 40.8 Å². The Morgan fingerprint density at radius 3 is 2.69 bits per heavy atom. The molecule has 8 atom stereocenters. The van der Waals surface area contributed by atoms with Gasteiger partial charge in [0.15, 0.2) is 0 Å². The molecule has 3 aliphatic rings. The Hall–Kier alpha value is -2.28. The van der Waals surface area contributed by atoms with Crippen molar-refractivity contribution in [2.45, 2.75) is 72.0 Å². The Kier molecular flexibility index (Phi) is 5.47. The number of aromatic amines is 1. The monoisotopic (exact) mass is 442 g/mol. The summed E-state index contributed by atoms with van der Waals surface area (Å²) in [6.45, 7) is 12.2. The third-order valence-electron chi connectivity index (χ3n) is 9.50. The molecular formula is C25H34N2O5. The zero-order valence-electron chi connectivity index (χ0n) is 19.4. The first-order valence-electron chi connectivity index (χ1n) is 11.6. The van der Waals surface area contributed by atoms with Crippen LogP contribution < -0.4 is 5.56 Å². The number of nitrogens with zero attached hydrogens (tertiary/aromatic N) is 1. The number of ether oxygens (including phenoxy) is 1. The van der Waals surface area contributed by atoms with Gasteiger partial charge in [0.05, 0.1) is 6.10 Å². The highest BCUT2D eigenvalue weighted by atomic mass is 16.5. The van der Waals surface area contributed by atoms with Crippen LogP contribution in [0.3, 0.4) is 0 Å². The number of Topliss-reactive ketones (excluding diaryl/α,β-unsaturated/α-hetero) is 1. The molecule has 2 bridgehead atoms. The number of carbonyl (C=O) groups excluding carboxylic acids is 2. The van der Waals surface area contributed by atoms with E-state index in [9.17, 15) is 19.5 Å². The normalized spacial score (nSPS) is 43.7. The minimum absolute atomic E-state index is 0.0894. The van der Waals surface area contributed by atoms with Gasteiger partial charge in [0.1, 0.15) is 17.5 Å². The average Bonchev–Trinajstić information content (AvgIpc) is 3.12. The van der Waals surface area contributed by atoms with E-state index in [4.69, 9.17) is 4.74 Å². The van der Waals surface area contributed by atoms with Gasteiger partial charge in [-0.15, -0.1) is 6.58 Å². The van der Waals surface area contributed by atoms with Crippen LogP contribution in [0.25, 0.3) is 0 Å². The van der Waals surface area contributed by atoms with Gasteiger partial charge in [-0.3, -0.25) is 9.59 Å². The summed E-state index contributed by atoms with van der Waals surface area (Å²) < 4.78 is 6.09. The summed E-state index contributed by atoms with van der Waals surface area (Å²) in [6, 6.07) is 1.34. The number of H-pyrrole nitrogens is 1. The van der Waals surface area contributed by atoms with Crippen LogP contribution >= 0.6 is 0 Å². The van der Waals surface area contributed by atoms with Gasteiger partial charge in [-0.25, -0.2) is 9.89 Å². The number of aliphatic hydroxyl groups excluding tert-OH is 1. The van der Waals surface area contributed by atoms with E-state index in [-0.39, 0.29) is 34.5 Å². The molecule has 7 heteroatoms. The molecule has 7 nitrogen and oxygen atoms in total. The first kappa shape index (κ1) is 22.9. The average molecular weight is 443 g/mol. The van der Waals surface area contributed by atoms with Crippen LogP contribution in [0, 0.1) is 34.0 Å². The quantitative estimate of drug-likeness (QED) is 0.549. The molecule has 0 radical (unpaired) electrons. The third kappa shape index (κ3) is 3.04. The summed E-state index contributed by atoms with van der Waals surface area (Å²) in [5, 5.41) is 17.4. The molecule has 3 saturated carbocycles. The fraction of sp³-hybridized carbons (Fsp3) is 0.680. The van der Waals surface area contributed by atoms with Crippen LogP contribution in [0.5, 0.6) is 0 Å². The molecule has 4 rings (SSSR count). The lowest BCUT2D eigenvalue weighted by Crippen LogP contribution is -2.63. The number of ketones is 1. The maximum Gasteiger partial charge on any atom is 0.344 e. The van der Waals surface area contributed by atoms with Gasteiger partial charge in [-0.2, -0.15) is 5.10 Å². The maximum absolute atomic E-state index is 13.4. The Balaban J connectivity index is 1.86. The summed E-state index contributed by atoms with van der Waals surface area (Å²) >= 11 is 0. The topological polar surface area (TPSA) is 109 Å².